The average molecular weight is 303 g/mol. The molecule has 114 valence electrons. The molecule has 0 aliphatic carbocycles. The molecule has 1 saturated heterocycles. The molecule has 1 aliphatic heterocycles. The monoisotopic (exact) mass is 303 g/mol. The number of thioether (sulfide) groups is 1. The van der Waals surface area contributed by atoms with Crippen molar-refractivity contribution in [3.05, 3.63) is 0 Å². The van der Waals surface area contributed by atoms with Crippen LogP contribution >= 0.6 is 11.8 Å². The van der Waals surface area contributed by atoms with Crippen LogP contribution in [0.5, 0.6) is 0 Å². The van der Waals surface area contributed by atoms with Crippen LogP contribution < -0.4 is 0 Å². The van der Waals surface area contributed by atoms with Gasteiger partial charge in [0, 0.05) is 5.75 Å². The molecule has 0 saturated carbocycles. The molecular weight excluding hydrogens is 282 g/mol. The second kappa shape index (κ2) is 6.03. The van der Waals surface area contributed by atoms with Crippen molar-refractivity contribution in [1.29, 1.82) is 0 Å². The Hall–Kier alpha value is -1.24. The summed E-state index contributed by atoms with van der Waals surface area (Å²) in [5.41, 5.74) is -1.51. The summed E-state index contributed by atoms with van der Waals surface area (Å²) in [4.78, 5) is 36.7. The van der Waals surface area contributed by atoms with Crippen molar-refractivity contribution in [3.63, 3.8) is 0 Å². The van der Waals surface area contributed by atoms with Crippen LogP contribution in [0.25, 0.3) is 0 Å². The smallest absolute Gasteiger partial charge is 0.333 e. The standard InChI is InChI=1S/C13H21NO5S/c1-12(2,3)10-14(8-15)13(7-20-10,11(17)19-5)6-9(16)18-4/h8,10H,6-7H2,1-5H3/t10-,13+/m1/s1. The lowest BCUT2D eigenvalue weighted by Crippen LogP contribution is -2.57. The highest BCUT2D eigenvalue weighted by Crippen LogP contribution is 2.46. The molecule has 0 spiro atoms. The molecule has 1 aliphatic rings. The molecule has 0 aromatic carbocycles. The van der Waals surface area contributed by atoms with E-state index in [4.69, 9.17) is 4.74 Å². The van der Waals surface area contributed by atoms with Gasteiger partial charge < -0.3 is 14.4 Å². The molecule has 1 fully saturated rings. The maximum atomic E-state index is 12.2. The molecule has 0 unspecified atom stereocenters. The summed E-state index contributed by atoms with van der Waals surface area (Å²) in [6.07, 6.45) is 0.421. The SMILES string of the molecule is COC(=O)C[C@@]1(C(=O)OC)CS[C@H](C(C)(C)C)N1C=O. The van der Waals surface area contributed by atoms with E-state index in [-0.39, 0.29) is 17.2 Å². The van der Waals surface area contributed by atoms with Crippen molar-refractivity contribution in [1.82, 2.24) is 4.90 Å². The molecule has 1 rings (SSSR count). The van der Waals surface area contributed by atoms with Crippen molar-refractivity contribution in [2.24, 2.45) is 5.41 Å². The number of ether oxygens (including phenoxy) is 2. The van der Waals surface area contributed by atoms with Gasteiger partial charge in [0.1, 0.15) is 0 Å². The molecule has 0 radical (unpaired) electrons. The Morgan fingerprint density at radius 3 is 2.35 bits per heavy atom. The van der Waals surface area contributed by atoms with E-state index in [1.54, 1.807) is 0 Å². The van der Waals surface area contributed by atoms with E-state index in [0.29, 0.717) is 12.2 Å². The van der Waals surface area contributed by atoms with Crippen molar-refractivity contribution in [3.8, 4) is 0 Å². The van der Waals surface area contributed by atoms with Gasteiger partial charge in [-0.05, 0) is 5.41 Å². The van der Waals surface area contributed by atoms with E-state index in [0.717, 1.165) is 0 Å². The minimum atomic E-state index is -1.29. The van der Waals surface area contributed by atoms with Crippen LogP contribution in [0.3, 0.4) is 0 Å². The van der Waals surface area contributed by atoms with Gasteiger partial charge in [-0.3, -0.25) is 9.59 Å². The predicted molar refractivity (Wildman–Crippen MR) is 75.0 cm³/mol. The first-order chi connectivity index (χ1) is 9.22. The lowest BCUT2D eigenvalue weighted by atomic mass is 9.90. The first kappa shape index (κ1) is 16.8. The molecule has 1 heterocycles. The molecular formula is C13H21NO5S. The van der Waals surface area contributed by atoms with Crippen LogP contribution in [-0.2, 0) is 23.9 Å². The number of nitrogens with zero attached hydrogens (tertiary/aromatic N) is 1. The lowest BCUT2D eigenvalue weighted by molar-refractivity contribution is -0.163. The summed E-state index contributed by atoms with van der Waals surface area (Å²) in [5.74, 6) is -0.818. The molecule has 0 aromatic heterocycles. The van der Waals surface area contributed by atoms with E-state index in [1.165, 1.54) is 30.9 Å². The normalized spacial score (nSPS) is 26.2. The Balaban J connectivity index is 3.20. The third kappa shape index (κ3) is 2.92. The van der Waals surface area contributed by atoms with E-state index in [1.807, 2.05) is 20.8 Å². The van der Waals surface area contributed by atoms with Gasteiger partial charge in [-0.25, -0.2) is 4.79 Å². The summed E-state index contributed by atoms with van der Waals surface area (Å²) in [6.45, 7) is 5.94. The van der Waals surface area contributed by atoms with Gasteiger partial charge in [-0.1, -0.05) is 20.8 Å². The summed E-state index contributed by atoms with van der Waals surface area (Å²) < 4.78 is 9.46. The van der Waals surface area contributed by atoms with Gasteiger partial charge in [-0.2, -0.15) is 0 Å². The fourth-order valence-corrected chi connectivity index (χ4v) is 4.01. The third-order valence-corrected chi connectivity index (χ3v) is 5.21. The minimum absolute atomic E-state index is 0.200. The van der Waals surface area contributed by atoms with Gasteiger partial charge >= 0.3 is 11.9 Å². The number of amides is 1. The second-order valence-corrected chi connectivity index (χ2v) is 6.89. The Kier molecular flexibility index (Phi) is 5.07. The second-order valence-electron chi connectivity index (χ2n) is 5.82. The fraction of sp³-hybridized carbons (Fsp3) is 0.769. The summed E-state index contributed by atoms with van der Waals surface area (Å²) in [5, 5.41) is -0.205. The number of esters is 2. The third-order valence-electron chi connectivity index (χ3n) is 3.31. The molecule has 0 aromatic rings. The van der Waals surface area contributed by atoms with Crippen molar-refractivity contribution in [2.75, 3.05) is 20.0 Å². The lowest BCUT2D eigenvalue weighted by Gasteiger charge is -2.39. The number of rotatable bonds is 4. The number of hydrogen-bond donors (Lipinski definition) is 0. The van der Waals surface area contributed by atoms with Crippen LogP contribution in [0.4, 0.5) is 0 Å². The van der Waals surface area contributed by atoms with E-state index >= 15 is 0 Å². The van der Waals surface area contributed by atoms with Crippen LogP contribution in [0, 0.1) is 5.41 Å². The molecule has 0 bridgehead atoms. The van der Waals surface area contributed by atoms with E-state index < -0.39 is 17.5 Å². The van der Waals surface area contributed by atoms with Gasteiger partial charge in [0.2, 0.25) is 6.41 Å². The van der Waals surface area contributed by atoms with Crippen LogP contribution in [0.2, 0.25) is 0 Å². The number of carbonyl (C=O) groups is 3. The summed E-state index contributed by atoms with van der Waals surface area (Å²) >= 11 is 1.47. The van der Waals surface area contributed by atoms with Crippen molar-refractivity contribution >= 4 is 30.1 Å². The first-order valence-electron chi connectivity index (χ1n) is 6.23. The van der Waals surface area contributed by atoms with E-state index in [2.05, 4.69) is 4.74 Å². The highest BCUT2D eigenvalue weighted by atomic mass is 32.2. The number of carbonyl (C=O) groups excluding carboxylic acids is 3. The minimum Gasteiger partial charge on any atom is -0.469 e. The average Bonchev–Trinajstić information content (AvgIpc) is 2.76. The summed E-state index contributed by atoms with van der Waals surface area (Å²) in [6, 6.07) is 0. The van der Waals surface area contributed by atoms with Crippen LogP contribution in [0.15, 0.2) is 0 Å². The zero-order chi connectivity index (χ0) is 15.6. The Bertz CT molecular complexity index is 406. The van der Waals surface area contributed by atoms with Gasteiger partial charge in [0.15, 0.2) is 5.54 Å². The largest absolute Gasteiger partial charge is 0.469 e. The zero-order valence-electron chi connectivity index (χ0n) is 12.5. The number of hydrogen-bond acceptors (Lipinski definition) is 6. The Morgan fingerprint density at radius 1 is 1.35 bits per heavy atom. The summed E-state index contributed by atoms with van der Waals surface area (Å²) in [7, 11) is 2.50. The number of methoxy groups -OCH3 is 2. The zero-order valence-corrected chi connectivity index (χ0v) is 13.3. The Labute approximate surface area is 123 Å². The van der Waals surface area contributed by atoms with Crippen molar-refractivity contribution < 1.29 is 23.9 Å². The van der Waals surface area contributed by atoms with Gasteiger partial charge in [0.25, 0.3) is 0 Å². The predicted octanol–water partition coefficient (Wildman–Crippen LogP) is 1.04. The van der Waals surface area contributed by atoms with Gasteiger partial charge in [0.05, 0.1) is 26.0 Å². The highest BCUT2D eigenvalue weighted by Gasteiger charge is 2.56. The molecule has 0 N–H and O–H groups in total. The maximum absolute atomic E-state index is 12.2. The molecule has 2 atom stereocenters. The quantitative estimate of drug-likeness (QED) is 0.571. The Morgan fingerprint density at radius 2 is 1.95 bits per heavy atom. The topological polar surface area (TPSA) is 72.9 Å². The molecule has 20 heavy (non-hydrogen) atoms. The van der Waals surface area contributed by atoms with E-state index in [9.17, 15) is 14.4 Å². The molecule has 6 nitrogen and oxygen atoms in total. The van der Waals surface area contributed by atoms with Crippen molar-refractivity contribution in [2.45, 2.75) is 38.1 Å². The fourth-order valence-electron chi connectivity index (χ4n) is 2.30. The molecule has 1 amide bonds. The maximum Gasteiger partial charge on any atom is 0.333 e. The van der Waals surface area contributed by atoms with Crippen LogP contribution in [0.1, 0.15) is 27.2 Å². The molecule has 7 heteroatoms. The van der Waals surface area contributed by atoms with Crippen LogP contribution in [-0.4, -0.2) is 54.1 Å². The van der Waals surface area contributed by atoms with Gasteiger partial charge in [-0.15, -0.1) is 11.8 Å². The first-order valence-corrected chi connectivity index (χ1v) is 7.28. The highest BCUT2D eigenvalue weighted by molar-refractivity contribution is 8.00.